The standard InChI is InChI=1S/C17H30O4/c1-5-6-13(21-17(2,3)4)8-7-12-11-15(19)14(9-10-18)16(12)20/h12-16,18-20H,5-6,9-11H2,1-4H3/t12-,13?,14-,15-,16+/m0/s1. The Morgan fingerprint density at radius 2 is 1.95 bits per heavy atom. The first-order valence-corrected chi connectivity index (χ1v) is 7.94. The third kappa shape index (κ3) is 5.96. The van der Waals surface area contributed by atoms with Crippen LogP contribution in [0, 0.1) is 23.7 Å². The van der Waals surface area contributed by atoms with Crippen LogP contribution in [0.25, 0.3) is 0 Å². The summed E-state index contributed by atoms with van der Waals surface area (Å²) in [5, 5.41) is 29.1. The fourth-order valence-corrected chi connectivity index (χ4v) is 2.81. The van der Waals surface area contributed by atoms with Crippen molar-refractivity contribution in [1.82, 2.24) is 0 Å². The third-order valence-electron chi connectivity index (χ3n) is 3.78. The van der Waals surface area contributed by atoms with E-state index in [2.05, 4.69) is 18.8 Å². The van der Waals surface area contributed by atoms with Crippen molar-refractivity contribution in [2.45, 2.75) is 77.3 Å². The Kier molecular flexibility index (Phi) is 7.15. The summed E-state index contributed by atoms with van der Waals surface area (Å²) in [4.78, 5) is 0. The SMILES string of the molecule is CCCC(C#C[C@H]1C[C@H](O)[C@H](CCO)[C@@H]1O)OC(C)(C)C. The molecule has 0 radical (unpaired) electrons. The molecule has 0 aliphatic heterocycles. The van der Waals surface area contributed by atoms with Gasteiger partial charge in [0.15, 0.2) is 0 Å². The van der Waals surface area contributed by atoms with Gasteiger partial charge in [0.2, 0.25) is 0 Å². The van der Waals surface area contributed by atoms with Gasteiger partial charge in [-0.3, -0.25) is 0 Å². The van der Waals surface area contributed by atoms with Crippen molar-refractivity contribution in [3.05, 3.63) is 0 Å². The molecule has 122 valence electrons. The summed E-state index contributed by atoms with van der Waals surface area (Å²) in [5.41, 5.74) is -0.248. The highest BCUT2D eigenvalue weighted by atomic mass is 16.5. The molecule has 0 amide bonds. The maximum Gasteiger partial charge on any atom is 0.118 e. The first-order chi connectivity index (χ1) is 9.78. The number of rotatable bonds is 5. The minimum atomic E-state index is -0.670. The van der Waals surface area contributed by atoms with Crippen LogP contribution in [0.5, 0.6) is 0 Å². The van der Waals surface area contributed by atoms with Crippen LogP contribution >= 0.6 is 0 Å². The van der Waals surface area contributed by atoms with Gasteiger partial charge in [0.25, 0.3) is 0 Å². The topological polar surface area (TPSA) is 69.9 Å². The summed E-state index contributed by atoms with van der Waals surface area (Å²) in [6.07, 6.45) is 1.33. The van der Waals surface area contributed by atoms with E-state index in [0.717, 1.165) is 12.8 Å². The van der Waals surface area contributed by atoms with Crippen molar-refractivity contribution in [3.63, 3.8) is 0 Å². The maximum absolute atomic E-state index is 10.2. The summed E-state index contributed by atoms with van der Waals surface area (Å²) < 4.78 is 5.92. The Hall–Kier alpha value is -0.600. The van der Waals surface area contributed by atoms with Crippen molar-refractivity contribution in [2.75, 3.05) is 6.61 Å². The van der Waals surface area contributed by atoms with Crippen LogP contribution in [0.1, 0.15) is 53.4 Å². The minimum Gasteiger partial charge on any atom is -0.396 e. The second-order valence-electron chi connectivity index (χ2n) is 6.87. The molecule has 1 aliphatic carbocycles. The van der Waals surface area contributed by atoms with E-state index in [0.29, 0.717) is 12.8 Å². The molecule has 0 heterocycles. The molecule has 21 heavy (non-hydrogen) atoms. The Morgan fingerprint density at radius 1 is 1.29 bits per heavy atom. The lowest BCUT2D eigenvalue weighted by molar-refractivity contribution is -0.0369. The highest BCUT2D eigenvalue weighted by Crippen LogP contribution is 2.33. The molecule has 0 saturated heterocycles. The molecular weight excluding hydrogens is 268 g/mol. The number of aliphatic hydroxyl groups is 3. The molecule has 4 nitrogen and oxygen atoms in total. The molecular formula is C17H30O4. The van der Waals surface area contributed by atoms with E-state index in [9.17, 15) is 10.2 Å². The number of hydrogen-bond acceptors (Lipinski definition) is 4. The average molecular weight is 298 g/mol. The molecule has 0 aromatic rings. The molecule has 1 unspecified atom stereocenters. The average Bonchev–Trinajstić information content (AvgIpc) is 2.63. The quantitative estimate of drug-likeness (QED) is 0.676. The summed E-state index contributed by atoms with van der Waals surface area (Å²) >= 11 is 0. The van der Waals surface area contributed by atoms with E-state index in [1.165, 1.54) is 0 Å². The van der Waals surface area contributed by atoms with Gasteiger partial charge in [-0.1, -0.05) is 25.2 Å². The van der Waals surface area contributed by atoms with Crippen LogP contribution in [0.4, 0.5) is 0 Å². The van der Waals surface area contributed by atoms with Crippen molar-refractivity contribution >= 4 is 0 Å². The third-order valence-corrected chi connectivity index (χ3v) is 3.78. The molecule has 1 aliphatic rings. The zero-order valence-electron chi connectivity index (χ0n) is 13.7. The Labute approximate surface area is 128 Å². The van der Waals surface area contributed by atoms with Crippen molar-refractivity contribution in [3.8, 4) is 11.8 Å². The van der Waals surface area contributed by atoms with E-state index >= 15 is 0 Å². The van der Waals surface area contributed by atoms with Gasteiger partial charge in [0.1, 0.15) is 6.10 Å². The van der Waals surface area contributed by atoms with Gasteiger partial charge < -0.3 is 20.1 Å². The smallest absolute Gasteiger partial charge is 0.118 e. The van der Waals surface area contributed by atoms with E-state index in [-0.39, 0.29) is 30.1 Å². The number of aliphatic hydroxyl groups excluding tert-OH is 3. The first-order valence-electron chi connectivity index (χ1n) is 7.94. The largest absolute Gasteiger partial charge is 0.396 e. The minimum absolute atomic E-state index is 0.0233. The molecule has 0 aromatic heterocycles. The lowest BCUT2D eigenvalue weighted by Gasteiger charge is -2.24. The molecule has 1 fully saturated rings. The van der Waals surface area contributed by atoms with Crippen LogP contribution in [-0.4, -0.2) is 45.8 Å². The summed E-state index contributed by atoms with van der Waals surface area (Å²) in [6.45, 7) is 8.07. The molecule has 5 atom stereocenters. The highest BCUT2D eigenvalue weighted by molar-refractivity contribution is 5.14. The van der Waals surface area contributed by atoms with Gasteiger partial charge >= 0.3 is 0 Å². The van der Waals surface area contributed by atoms with Crippen LogP contribution in [0.15, 0.2) is 0 Å². The van der Waals surface area contributed by atoms with E-state index in [1.54, 1.807) is 0 Å². The Bertz CT molecular complexity index is 363. The van der Waals surface area contributed by atoms with Crippen molar-refractivity contribution in [1.29, 1.82) is 0 Å². The van der Waals surface area contributed by atoms with Crippen LogP contribution < -0.4 is 0 Å². The number of hydrogen-bond donors (Lipinski definition) is 3. The molecule has 0 spiro atoms. The zero-order valence-corrected chi connectivity index (χ0v) is 13.7. The van der Waals surface area contributed by atoms with Gasteiger partial charge in [0.05, 0.1) is 17.8 Å². The van der Waals surface area contributed by atoms with Crippen LogP contribution in [0.2, 0.25) is 0 Å². The molecule has 0 aromatic carbocycles. The molecule has 4 heteroatoms. The lowest BCUT2D eigenvalue weighted by atomic mass is 9.97. The summed E-state index contributed by atoms with van der Waals surface area (Å²) in [7, 11) is 0. The lowest BCUT2D eigenvalue weighted by Crippen LogP contribution is -2.27. The first kappa shape index (κ1) is 18.4. The van der Waals surface area contributed by atoms with Gasteiger partial charge in [-0.15, -0.1) is 0 Å². The fraction of sp³-hybridized carbons (Fsp3) is 0.882. The van der Waals surface area contributed by atoms with E-state index < -0.39 is 12.2 Å². The number of ether oxygens (including phenoxy) is 1. The summed E-state index contributed by atoms with van der Waals surface area (Å²) in [5.74, 6) is 5.71. The summed E-state index contributed by atoms with van der Waals surface area (Å²) in [6, 6.07) is 0. The van der Waals surface area contributed by atoms with Gasteiger partial charge in [-0.2, -0.15) is 0 Å². The Balaban J connectivity index is 2.70. The normalized spacial score (nSPS) is 30.8. The zero-order chi connectivity index (χ0) is 16.0. The fourth-order valence-electron chi connectivity index (χ4n) is 2.81. The van der Waals surface area contributed by atoms with Gasteiger partial charge in [-0.05, 0) is 40.0 Å². The van der Waals surface area contributed by atoms with E-state index in [1.807, 2.05) is 20.8 Å². The molecule has 3 N–H and O–H groups in total. The molecule has 1 rings (SSSR count). The second-order valence-corrected chi connectivity index (χ2v) is 6.87. The highest BCUT2D eigenvalue weighted by Gasteiger charge is 2.40. The van der Waals surface area contributed by atoms with Gasteiger partial charge in [-0.25, -0.2) is 0 Å². The second kappa shape index (κ2) is 8.14. The van der Waals surface area contributed by atoms with Gasteiger partial charge in [0, 0.05) is 18.4 Å². The Morgan fingerprint density at radius 3 is 2.48 bits per heavy atom. The predicted octanol–water partition coefficient (Wildman–Crippen LogP) is 1.71. The van der Waals surface area contributed by atoms with Crippen molar-refractivity contribution in [2.24, 2.45) is 11.8 Å². The van der Waals surface area contributed by atoms with Crippen molar-refractivity contribution < 1.29 is 20.1 Å². The maximum atomic E-state index is 10.2. The van der Waals surface area contributed by atoms with Crippen LogP contribution in [0.3, 0.4) is 0 Å². The van der Waals surface area contributed by atoms with E-state index in [4.69, 9.17) is 9.84 Å². The molecule has 0 bridgehead atoms. The predicted molar refractivity (Wildman–Crippen MR) is 82.6 cm³/mol. The molecule has 1 saturated carbocycles. The monoisotopic (exact) mass is 298 g/mol. The van der Waals surface area contributed by atoms with Crippen LogP contribution in [-0.2, 0) is 4.74 Å².